The van der Waals surface area contributed by atoms with Crippen molar-refractivity contribution in [2.24, 2.45) is 4.99 Å². The fourth-order valence-corrected chi connectivity index (χ4v) is 3.01. The molecule has 1 aliphatic heterocycles. The van der Waals surface area contributed by atoms with Crippen LogP contribution in [0.25, 0.3) is 0 Å². The van der Waals surface area contributed by atoms with E-state index in [0.717, 1.165) is 29.4 Å². The van der Waals surface area contributed by atoms with Crippen molar-refractivity contribution >= 4 is 41.5 Å². The van der Waals surface area contributed by atoms with Crippen LogP contribution in [0.4, 0.5) is 5.69 Å². The minimum Gasteiger partial charge on any atom is -0.492 e. The van der Waals surface area contributed by atoms with Gasteiger partial charge in [-0.25, -0.2) is 0 Å². The number of aryl methyl sites for hydroxylation is 1. The second kappa shape index (κ2) is 10.9. The van der Waals surface area contributed by atoms with E-state index in [0.29, 0.717) is 19.6 Å². The average molecular weight is 494 g/mol. The lowest BCUT2D eigenvalue weighted by Gasteiger charge is -2.19. The fourth-order valence-electron chi connectivity index (χ4n) is 3.01. The number of hydrogen-bond donors (Lipinski definition) is 3. The molecule has 28 heavy (non-hydrogen) atoms. The zero-order chi connectivity index (χ0) is 19.1. The Hall–Kier alpha value is -2.29. The molecular formula is C21H27IN4O2. The molecule has 0 bridgehead atoms. The summed E-state index contributed by atoms with van der Waals surface area (Å²) in [6.07, 6.45) is 1.28. The van der Waals surface area contributed by atoms with Gasteiger partial charge >= 0.3 is 0 Å². The summed E-state index contributed by atoms with van der Waals surface area (Å²) in [5.41, 5.74) is 3.21. The third-order valence-electron chi connectivity index (χ3n) is 4.51. The van der Waals surface area contributed by atoms with Crippen LogP contribution in [0.2, 0.25) is 0 Å². The number of carbonyl (C=O) groups is 1. The lowest BCUT2D eigenvalue weighted by Crippen LogP contribution is -2.40. The highest BCUT2D eigenvalue weighted by Crippen LogP contribution is 2.26. The number of ether oxygens (including phenoxy) is 1. The Morgan fingerprint density at radius 3 is 2.75 bits per heavy atom. The van der Waals surface area contributed by atoms with Crippen LogP contribution in [0.5, 0.6) is 5.75 Å². The molecular weight excluding hydrogens is 467 g/mol. The Balaban J connectivity index is 0.00000280. The van der Waals surface area contributed by atoms with Crippen molar-refractivity contribution in [2.75, 3.05) is 25.5 Å². The van der Waals surface area contributed by atoms with Gasteiger partial charge in [-0.15, -0.1) is 24.0 Å². The summed E-state index contributed by atoms with van der Waals surface area (Å²) in [6.45, 7) is 3.26. The largest absolute Gasteiger partial charge is 0.492 e. The molecule has 6 nitrogen and oxygen atoms in total. The smallest absolute Gasteiger partial charge is 0.224 e. The predicted molar refractivity (Wildman–Crippen MR) is 124 cm³/mol. The lowest BCUT2D eigenvalue weighted by atomic mass is 10.0. The first kappa shape index (κ1) is 22.0. The SMILES string of the molecule is CN=C(NCCOc1ccc2c(c1)CCC(=O)N2)NC(C)c1ccccc1.I. The molecule has 1 unspecified atom stereocenters. The van der Waals surface area contributed by atoms with Gasteiger partial charge in [0.2, 0.25) is 5.91 Å². The summed E-state index contributed by atoms with van der Waals surface area (Å²) in [6, 6.07) is 16.2. The number of carbonyl (C=O) groups excluding carboxylic acids is 1. The molecule has 0 spiro atoms. The topological polar surface area (TPSA) is 74.8 Å². The molecule has 2 aromatic carbocycles. The Bertz CT molecular complexity index is 811. The summed E-state index contributed by atoms with van der Waals surface area (Å²) < 4.78 is 5.83. The van der Waals surface area contributed by atoms with Crippen molar-refractivity contribution in [1.29, 1.82) is 0 Å². The Morgan fingerprint density at radius 2 is 2.00 bits per heavy atom. The second-order valence-electron chi connectivity index (χ2n) is 6.49. The molecule has 150 valence electrons. The number of aliphatic imine (C=N–C) groups is 1. The molecule has 0 aromatic heterocycles. The molecule has 0 fully saturated rings. The van der Waals surface area contributed by atoms with E-state index in [1.54, 1.807) is 7.05 Å². The molecule has 3 N–H and O–H groups in total. The van der Waals surface area contributed by atoms with Gasteiger partial charge in [-0.1, -0.05) is 30.3 Å². The van der Waals surface area contributed by atoms with Gasteiger partial charge in [0.15, 0.2) is 5.96 Å². The second-order valence-corrected chi connectivity index (χ2v) is 6.49. The third-order valence-corrected chi connectivity index (χ3v) is 4.51. The van der Waals surface area contributed by atoms with E-state index in [-0.39, 0.29) is 35.9 Å². The molecule has 0 aliphatic carbocycles. The van der Waals surface area contributed by atoms with E-state index in [1.807, 2.05) is 36.4 Å². The highest BCUT2D eigenvalue weighted by Gasteiger charge is 2.15. The monoisotopic (exact) mass is 494 g/mol. The summed E-state index contributed by atoms with van der Waals surface area (Å²) in [4.78, 5) is 15.7. The predicted octanol–water partition coefficient (Wildman–Crippen LogP) is 3.49. The number of fused-ring (bicyclic) bond motifs is 1. The zero-order valence-corrected chi connectivity index (χ0v) is 18.5. The quantitative estimate of drug-likeness (QED) is 0.249. The molecule has 0 saturated carbocycles. The van der Waals surface area contributed by atoms with Crippen molar-refractivity contribution in [2.45, 2.75) is 25.8 Å². The van der Waals surface area contributed by atoms with Crippen LogP contribution in [-0.4, -0.2) is 32.1 Å². The third kappa shape index (κ3) is 6.12. The van der Waals surface area contributed by atoms with Gasteiger partial charge in [-0.2, -0.15) is 0 Å². The van der Waals surface area contributed by atoms with E-state index < -0.39 is 0 Å². The van der Waals surface area contributed by atoms with Crippen LogP contribution in [-0.2, 0) is 11.2 Å². The first-order chi connectivity index (χ1) is 13.2. The first-order valence-electron chi connectivity index (χ1n) is 9.23. The molecule has 0 saturated heterocycles. The van der Waals surface area contributed by atoms with Crippen molar-refractivity contribution < 1.29 is 9.53 Å². The van der Waals surface area contributed by atoms with Crippen molar-refractivity contribution in [3.05, 3.63) is 59.7 Å². The number of benzene rings is 2. The Kier molecular flexibility index (Phi) is 8.56. The zero-order valence-electron chi connectivity index (χ0n) is 16.2. The first-order valence-corrected chi connectivity index (χ1v) is 9.23. The minimum absolute atomic E-state index is 0. The Labute approximate surface area is 183 Å². The number of hydrogen-bond acceptors (Lipinski definition) is 3. The van der Waals surface area contributed by atoms with E-state index in [2.05, 4.69) is 40.0 Å². The Morgan fingerprint density at radius 1 is 1.21 bits per heavy atom. The maximum atomic E-state index is 11.4. The van der Waals surface area contributed by atoms with Crippen LogP contribution in [0, 0.1) is 0 Å². The van der Waals surface area contributed by atoms with Crippen LogP contribution in [0.15, 0.2) is 53.5 Å². The lowest BCUT2D eigenvalue weighted by molar-refractivity contribution is -0.116. The van der Waals surface area contributed by atoms with E-state index in [1.165, 1.54) is 5.56 Å². The maximum absolute atomic E-state index is 11.4. The number of halogens is 1. The van der Waals surface area contributed by atoms with Crippen LogP contribution in [0.1, 0.15) is 30.5 Å². The van der Waals surface area contributed by atoms with E-state index >= 15 is 0 Å². The highest BCUT2D eigenvalue weighted by atomic mass is 127. The van der Waals surface area contributed by atoms with E-state index in [4.69, 9.17) is 4.74 Å². The van der Waals surface area contributed by atoms with Gasteiger partial charge in [-0.3, -0.25) is 9.79 Å². The van der Waals surface area contributed by atoms with Crippen LogP contribution < -0.4 is 20.7 Å². The number of rotatable bonds is 6. The molecule has 0 radical (unpaired) electrons. The van der Waals surface area contributed by atoms with Crippen LogP contribution >= 0.6 is 24.0 Å². The van der Waals surface area contributed by atoms with Crippen molar-refractivity contribution in [3.8, 4) is 5.75 Å². The number of nitrogens with zero attached hydrogens (tertiary/aromatic N) is 1. The highest BCUT2D eigenvalue weighted by molar-refractivity contribution is 14.0. The van der Waals surface area contributed by atoms with Crippen molar-refractivity contribution in [3.63, 3.8) is 0 Å². The number of amides is 1. The molecule has 7 heteroatoms. The van der Waals surface area contributed by atoms with Gasteiger partial charge in [0.25, 0.3) is 0 Å². The van der Waals surface area contributed by atoms with Crippen molar-refractivity contribution in [1.82, 2.24) is 10.6 Å². The van der Waals surface area contributed by atoms with E-state index in [9.17, 15) is 4.79 Å². The van der Waals surface area contributed by atoms with Gasteiger partial charge in [0, 0.05) is 19.2 Å². The van der Waals surface area contributed by atoms with Gasteiger partial charge in [0.05, 0.1) is 12.6 Å². The molecule has 1 amide bonds. The fraction of sp³-hybridized carbons (Fsp3) is 0.333. The average Bonchev–Trinajstić information content (AvgIpc) is 2.70. The normalized spacial score (nSPS) is 14.2. The molecule has 1 heterocycles. The summed E-state index contributed by atoms with van der Waals surface area (Å²) in [5.74, 6) is 1.62. The standard InChI is InChI=1S/C21H26N4O2.HI/c1-15(16-6-4-3-5-7-16)24-21(22-2)23-12-13-27-18-9-10-19-17(14-18)8-11-20(26)25-19;/h3-7,9-10,14-15H,8,11-13H2,1-2H3,(H,25,26)(H2,22,23,24);1H. The minimum atomic E-state index is 0. The molecule has 2 aromatic rings. The number of guanidine groups is 1. The number of nitrogens with one attached hydrogen (secondary N) is 3. The summed E-state index contributed by atoms with van der Waals surface area (Å²) in [5, 5.41) is 9.51. The summed E-state index contributed by atoms with van der Waals surface area (Å²) >= 11 is 0. The molecule has 1 aliphatic rings. The van der Waals surface area contributed by atoms with Crippen LogP contribution in [0.3, 0.4) is 0 Å². The molecule has 1 atom stereocenters. The van der Waals surface area contributed by atoms with Gasteiger partial charge < -0.3 is 20.7 Å². The number of anilines is 1. The summed E-state index contributed by atoms with van der Waals surface area (Å²) in [7, 11) is 1.76. The van der Waals surface area contributed by atoms with Gasteiger partial charge in [-0.05, 0) is 42.7 Å². The maximum Gasteiger partial charge on any atom is 0.224 e. The molecule has 3 rings (SSSR count). The van der Waals surface area contributed by atoms with Gasteiger partial charge in [0.1, 0.15) is 12.4 Å².